The summed E-state index contributed by atoms with van der Waals surface area (Å²) in [7, 11) is -2.38. The normalized spacial score (nSPS) is 14.3. The lowest BCUT2D eigenvalue weighted by molar-refractivity contribution is -0.119. The van der Waals surface area contributed by atoms with Crippen molar-refractivity contribution in [3.63, 3.8) is 0 Å². The van der Waals surface area contributed by atoms with Gasteiger partial charge in [-0.05, 0) is 49.4 Å². The number of aromatic nitrogens is 2. The molecule has 0 unspecified atom stereocenters. The van der Waals surface area contributed by atoms with E-state index in [-0.39, 0.29) is 29.4 Å². The molecule has 2 aromatic carbocycles. The second-order valence-electron chi connectivity index (χ2n) is 8.81. The third kappa shape index (κ3) is 5.69. The number of hydrogen-bond acceptors (Lipinski definition) is 9. The number of aryl methyl sites for hydroxylation is 1. The molecule has 1 fully saturated rings. The number of benzene rings is 2. The van der Waals surface area contributed by atoms with Gasteiger partial charge in [0.1, 0.15) is 15.5 Å². The molecule has 4 aromatic rings. The summed E-state index contributed by atoms with van der Waals surface area (Å²) in [5.41, 5.74) is 1.77. The maximum Gasteiger partial charge on any atom is 0.348 e. The minimum absolute atomic E-state index is 0.0351. The van der Waals surface area contributed by atoms with Gasteiger partial charge in [0, 0.05) is 29.6 Å². The van der Waals surface area contributed by atoms with Crippen LogP contribution >= 0.6 is 22.9 Å². The molecule has 14 heteroatoms. The predicted octanol–water partition coefficient (Wildman–Crippen LogP) is 3.87. The molecule has 0 spiro atoms. The van der Waals surface area contributed by atoms with E-state index in [1.807, 2.05) is 19.1 Å². The highest BCUT2D eigenvalue weighted by atomic mass is 35.5. The van der Waals surface area contributed by atoms with Gasteiger partial charge >= 0.3 is 5.97 Å². The van der Waals surface area contributed by atoms with E-state index in [9.17, 15) is 18.0 Å². The van der Waals surface area contributed by atoms with E-state index < -0.39 is 28.5 Å². The number of methoxy groups -OCH3 is 1. The Labute approximate surface area is 239 Å². The first kappa shape index (κ1) is 28.1. The van der Waals surface area contributed by atoms with Crippen molar-refractivity contribution in [2.45, 2.75) is 11.8 Å². The number of anilines is 1. The van der Waals surface area contributed by atoms with E-state index in [2.05, 4.69) is 10.4 Å². The van der Waals surface area contributed by atoms with Gasteiger partial charge in [-0.3, -0.25) is 4.79 Å². The maximum atomic E-state index is 12.9. The lowest BCUT2D eigenvalue weighted by atomic mass is 10.3. The van der Waals surface area contributed by atoms with Crippen LogP contribution in [0.1, 0.15) is 15.4 Å². The highest BCUT2D eigenvalue weighted by Crippen LogP contribution is 2.32. The molecule has 1 aliphatic heterocycles. The van der Waals surface area contributed by atoms with E-state index >= 15 is 0 Å². The Kier molecular flexibility index (Phi) is 8.10. The Hall–Kier alpha value is -3.49. The van der Waals surface area contributed by atoms with E-state index in [0.717, 1.165) is 21.6 Å². The standard InChI is InChI=1S/C26H25ClN4O7S2/c1-16-20-14-23(39-25(20)31(29-16)18-5-3-17(27)4-6-18)26(33)38-15-24(32)28-21-8-7-19(13-22(21)36-2)40(34,35)30-9-11-37-12-10-30/h3-8,13-14H,9-12,15H2,1-2H3,(H,28,32). The van der Waals surface area contributed by atoms with Crippen molar-refractivity contribution in [1.82, 2.24) is 14.1 Å². The number of ether oxygens (including phenoxy) is 3. The van der Waals surface area contributed by atoms with Crippen molar-refractivity contribution in [3.05, 3.63) is 64.1 Å². The quantitative estimate of drug-likeness (QED) is 0.300. The van der Waals surface area contributed by atoms with Crippen molar-refractivity contribution in [2.75, 3.05) is 45.3 Å². The first-order valence-electron chi connectivity index (χ1n) is 12.2. The molecule has 2 aromatic heterocycles. The minimum Gasteiger partial charge on any atom is -0.495 e. The molecule has 1 amide bonds. The summed E-state index contributed by atoms with van der Waals surface area (Å²) in [6.45, 7) is 2.46. The number of esters is 1. The summed E-state index contributed by atoms with van der Waals surface area (Å²) in [6, 6.07) is 13.0. The van der Waals surface area contributed by atoms with Crippen LogP contribution in [0, 0.1) is 6.92 Å². The molecule has 0 bridgehead atoms. The SMILES string of the molecule is COc1cc(S(=O)(=O)N2CCOCC2)ccc1NC(=O)COC(=O)c1cc2c(C)nn(-c3ccc(Cl)cc3)c2s1. The van der Waals surface area contributed by atoms with Crippen molar-refractivity contribution >= 4 is 60.7 Å². The fraction of sp³-hybridized carbons (Fsp3) is 0.269. The molecule has 11 nitrogen and oxygen atoms in total. The molecular formula is C26H25ClN4O7S2. The summed E-state index contributed by atoms with van der Waals surface area (Å²) >= 11 is 7.19. The molecule has 1 aliphatic rings. The van der Waals surface area contributed by atoms with Crippen molar-refractivity contribution in [3.8, 4) is 11.4 Å². The maximum absolute atomic E-state index is 12.9. The fourth-order valence-electron chi connectivity index (χ4n) is 4.16. The van der Waals surface area contributed by atoms with E-state index in [4.69, 9.17) is 25.8 Å². The van der Waals surface area contributed by atoms with Gasteiger partial charge in [0.2, 0.25) is 10.0 Å². The summed E-state index contributed by atoms with van der Waals surface area (Å²) < 4.78 is 44.7. The number of thiophene rings is 1. The zero-order valence-electron chi connectivity index (χ0n) is 21.5. The predicted molar refractivity (Wildman–Crippen MR) is 150 cm³/mol. The van der Waals surface area contributed by atoms with Gasteiger partial charge in [-0.1, -0.05) is 11.6 Å². The van der Waals surface area contributed by atoms with Gasteiger partial charge < -0.3 is 19.5 Å². The van der Waals surface area contributed by atoms with Crippen LogP contribution in [0.15, 0.2) is 53.4 Å². The van der Waals surface area contributed by atoms with E-state index in [1.54, 1.807) is 22.9 Å². The Bertz CT molecular complexity index is 1680. The molecule has 0 radical (unpaired) electrons. The Morgan fingerprint density at radius 2 is 1.85 bits per heavy atom. The summed E-state index contributed by atoms with van der Waals surface area (Å²) in [6.07, 6.45) is 0. The highest BCUT2D eigenvalue weighted by Gasteiger charge is 2.27. The van der Waals surface area contributed by atoms with Gasteiger partial charge in [0.15, 0.2) is 6.61 Å². The van der Waals surface area contributed by atoms with E-state index in [0.29, 0.717) is 23.1 Å². The third-order valence-electron chi connectivity index (χ3n) is 6.21. The van der Waals surface area contributed by atoms with Gasteiger partial charge in [0.05, 0.1) is 42.3 Å². The third-order valence-corrected chi connectivity index (χ3v) is 9.44. The lowest BCUT2D eigenvalue weighted by Gasteiger charge is -2.26. The van der Waals surface area contributed by atoms with E-state index in [1.165, 1.54) is 41.0 Å². The molecule has 40 heavy (non-hydrogen) atoms. The molecule has 0 atom stereocenters. The van der Waals surface area contributed by atoms with Gasteiger partial charge in [-0.15, -0.1) is 11.3 Å². The summed E-state index contributed by atoms with van der Waals surface area (Å²) in [5.74, 6) is -1.11. The second-order valence-corrected chi connectivity index (χ2v) is 12.2. The largest absolute Gasteiger partial charge is 0.495 e. The molecule has 1 N–H and O–H groups in total. The highest BCUT2D eigenvalue weighted by molar-refractivity contribution is 7.89. The smallest absolute Gasteiger partial charge is 0.348 e. The van der Waals surface area contributed by atoms with Crippen LogP contribution < -0.4 is 10.1 Å². The number of morpholine rings is 1. The molecule has 210 valence electrons. The number of fused-ring (bicyclic) bond motifs is 1. The fourth-order valence-corrected chi connectivity index (χ4v) is 6.79. The molecular weight excluding hydrogens is 580 g/mol. The Morgan fingerprint density at radius 3 is 2.55 bits per heavy atom. The zero-order valence-corrected chi connectivity index (χ0v) is 23.9. The van der Waals surface area contributed by atoms with Crippen molar-refractivity contribution in [2.24, 2.45) is 0 Å². The first-order chi connectivity index (χ1) is 19.2. The van der Waals surface area contributed by atoms with Gasteiger partial charge in [0.25, 0.3) is 5.91 Å². The van der Waals surface area contributed by atoms with Crippen molar-refractivity contribution in [1.29, 1.82) is 0 Å². The Balaban J connectivity index is 1.25. The van der Waals surface area contributed by atoms with Crippen LogP contribution in [0.2, 0.25) is 5.02 Å². The number of carbonyl (C=O) groups excluding carboxylic acids is 2. The number of carbonyl (C=O) groups is 2. The summed E-state index contributed by atoms with van der Waals surface area (Å²) in [4.78, 5) is 26.5. The van der Waals surface area contributed by atoms with Crippen LogP contribution in [-0.4, -0.2) is 74.4 Å². The van der Waals surface area contributed by atoms with Crippen LogP contribution in [0.5, 0.6) is 5.75 Å². The molecule has 0 saturated carbocycles. The van der Waals surface area contributed by atoms with Crippen molar-refractivity contribution < 1.29 is 32.2 Å². The van der Waals surface area contributed by atoms with Crippen LogP contribution in [0.25, 0.3) is 15.9 Å². The monoisotopic (exact) mass is 604 g/mol. The number of hydrogen-bond donors (Lipinski definition) is 1. The second kappa shape index (κ2) is 11.6. The topological polar surface area (TPSA) is 129 Å². The number of halogens is 1. The average molecular weight is 605 g/mol. The first-order valence-corrected chi connectivity index (χ1v) is 14.8. The minimum atomic E-state index is -3.74. The van der Waals surface area contributed by atoms with Crippen LogP contribution in [0.3, 0.4) is 0 Å². The van der Waals surface area contributed by atoms with Gasteiger partial charge in [-0.25, -0.2) is 17.9 Å². The molecule has 1 saturated heterocycles. The Morgan fingerprint density at radius 1 is 1.12 bits per heavy atom. The number of nitrogens with one attached hydrogen (secondary N) is 1. The number of nitrogens with zero attached hydrogens (tertiary/aromatic N) is 3. The average Bonchev–Trinajstić information content (AvgIpc) is 3.53. The molecule has 0 aliphatic carbocycles. The lowest BCUT2D eigenvalue weighted by Crippen LogP contribution is -2.40. The van der Waals surface area contributed by atoms with Crippen LogP contribution in [-0.2, 0) is 24.3 Å². The van der Waals surface area contributed by atoms with Crippen LogP contribution in [0.4, 0.5) is 5.69 Å². The number of sulfonamides is 1. The number of rotatable bonds is 8. The zero-order chi connectivity index (χ0) is 28.4. The van der Waals surface area contributed by atoms with Gasteiger partial charge in [-0.2, -0.15) is 9.40 Å². The number of amides is 1. The molecule has 5 rings (SSSR count). The molecule has 3 heterocycles. The summed E-state index contributed by atoms with van der Waals surface area (Å²) in [5, 5.41) is 8.55.